The lowest BCUT2D eigenvalue weighted by Gasteiger charge is -2.19. The Morgan fingerprint density at radius 2 is 2.54 bits per heavy atom. The number of carbonyl (C=O) groups excluding carboxylic acids is 1. The van der Waals surface area contributed by atoms with Crippen LogP contribution in [-0.4, -0.2) is 15.7 Å². The van der Waals surface area contributed by atoms with E-state index in [-0.39, 0.29) is 11.8 Å². The summed E-state index contributed by atoms with van der Waals surface area (Å²) in [5, 5.41) is 4.16. The Balaban J connectivity index is 2.25. The van der Waals surface area contributed by atoms with Crippen molar-refractivity contribution in [1.82, 2.24) is 9.78 Å². The van der Waals surface area contributed by atoms with Gasteiger partial charge in [0.2, 0.25) is 5.91 Å². The molecule has 0 aromatic carbocycles. The predicted molar refractivity (Wildman–Crippen MR) is 47.9 cm³/mol. The maximum Gasteiger partial charge on any atom is 0.220 e. The summed E-state index contributed by atoms with van der Waals surface area (Å²) in [6.45, 7) is 0. The average Bonchev–Trinajstić information content (AvgIpc) is 2.47. The molecule has 2 rings (SSSR count). The molecule has 0 radical (unpaired) electrons. The minimum Gasteiger partial charge on any atom is -0.369 e. The quantitative estimate of drug-likeness (QED) is 0.660. The molecule has 1 heterocycles. The highest BCUT2D eigenvalue weighted by Crippen LogP contribution is 2.24. The molecule has 1 atom stereocenters. The van der Waals surface area contributed by atoms with Gasteiger partial charge in [-0.3, -0.25) is 9.48 Å². The van der Waals surface area contributed by atoms with Crippen LogP contribution in [0.1, 0.15) is 17.7 Å². The maximum absolute atomic E-state index is 11.0. The monoisotopic (exact) mass is 179 g/mol. The fourth-order valence-corrected chi connectivity index (χ4v) is 1.92. The van der Waals surface area contributed by atoms with Crippen LogP contribution in [0.5, 0.6) is 0 Å². The highest BCUT2D eigenvalue weighted by atomic mass is 16.1. The second-order valence-electron chi connectivity index (χ2n) is 3.58. The van der Waals surface area contributed by atoms with Crippen LogP contribution in [0.4, 0.5) is 0 Å². The van der Waals surface area contributed by atoms with E-state index in [4.69, 9.17) is 5.73 Å². The number of rotatable bonds is 1. The van der Waals surface area contributed by atoms with E-state index in [0.29, 0.717) is 0 Å². The molecule has 4 heteroatoms. The van der Waals surface area contributed by atoms with Gasteiger partial charge in [0.05, 0.1) is 6.20 Å². The summed E-state index contributed by atoms with van der Waals surface area (Å²) >= 11 is 0. The van der Waals surface area contributed by atoms with Gasteiger partial charge in [-0.15, -0.1) is 0 Å². The van der Waals surface area contributed by atoms with E-state index in [1.165, 1.54) is 11.3 Å². The molecule has 0 saturated heterocycles. The number of amides is 1. The van der Waals surface area contributed by atoms with Crippen LogP contribution in [0.3, 0.4) is 0 Å². The summed E-state index contributed by atoms with van der Waals surface area (Å²) < 4.78 is 1.88. The number of fused-ring (bicyclic) bond motifs is 1. The lowest BCUT2D eigenvalue weighted by atomic mass is 9.87. The molecule has 1 aromatic heterocycles. The molecule has 1 aromatic rings. The molecule has 0 saturated carbocycles. The Morgan fingerprint density at radius 3 is 3.23 bits per heavy atom. The number of aryl methyl sites for hydroxylation is 1. The summed E-state index contributed by atoms with van der Waals surface area (Å²) in [4.78, 5) is 11.0. The molecule has 0 unspecified atom stereocenters. The normalized spacial score (nSPS) is 21.2. The molecule has 1 aliphatic rings. The molecule has 1 amide bonds. The van der Waals surface area contributed by atoms with Crippen LogP contribution in [0.2, 0.25) is 0 Å². The van der Waals surface area contributed by atoms with Crippen molar-refractivity contribution < 1.29 is 4.79 Å². The standard InChI is InChI=1S/C9H13N3O/c1-12-8-3-2-6(9(10)13)4-7(8)5-11-12/h5-6H,2-4H2,1H3,(H2,10,13)/t6-/m1/s1. The molecular formula is C9H13N3O. The van der Waals surface area contributed by atoms with E-state index in [2.05, 4.69) is 5.10 Å². The first kappa shape index (κ1) is 8.29. The predicted octanol–water partition coefficient (Wildman–Crippen LogP) is 0.0103. The maximum atomic E-state index is 11.0. The Hall–Kier alpha value is -1.32. The number of primary amides is 1. The Morgan fingerprint density at radius 1 is 1.77 bits per heavy atom. The van der Waals surface area contributed by atoms with Crippen molar-refractivity contribution in [3.63, 3.8) is 0 Å². The zero-order valence-electron chi connectivity index (χ0n) is 7.66. The zero-order valence-corrected chi connectivity index (χ0v) is 7.66. The summed E-state index contributed by atoms with van der Waals surface area (Å²) in [5.41, 5.74) is 7.69. The molecule has 0 aliphatic heterocycles. The van der Waals surface area contributed by atoms with E-state index < -0.39 is 0 Å². The number of nitrogens with zero attached hydrogens (tertiary/aromatic N) is 2. The zero-order chi connectivity index (χ0) is 9.42. The fraction of sp³-hybridized carbons (Fsp3) is 0.556. The van der Waals surface area contributed by atoms with Crippen molar-refractivity contribution in [2.24, 2.45) is 18.7 Å². The first-order chi connectivity index (χ1) is 6.18. The number of hydrogen-bond donors (Lipinski definition) is 1. The lowest BCUT2D eigenvalue weighted by Crippen LogP contribution is -2.28. The summed E-state index contributed by atoms with van der Waals surface area (Å²) in [5.74, 6) is -0.175. The molecule has 0 fully saturated rings. The number of nitrogens with two attached hydrogens (primary N) is 1. The molecule has 4 nitrogen and oxygen atoms in total. The average molecular weight is 179 g/mol. The largest absolute Gasteiger partial charge is 0.369 e. The van der Waals surface area contributed by atoms with Crippen LogP contribution in [-0.2, 0) is 24.7 Å². The fourth-order valence-electron chi connectivity index (χ4n) is 1.92. The van der Waals surface area contributed by atoms with Gasteiger partial charge in [0.15, 0.2) is 0 Å². The van der Waals surface area contributed by atoms with Crippen molar-refractivity contribution in [3.8, 4) is 0 Å². The van der Waals surface area contributed by atoms with Gasteiger partial charge >= 0.3 is 0 Å². The Bertz CT molecular complexity index is 343. The summed E-state index contributed by atoms with van der Waals surface area (Å²) in [6.07, 6.45) is 4.38. The van der Waals surface area contributed by atoms with E-state index in [0.717, 1.165) is 19.3 Å². The highest BCUT2D eigenvalue weighted by Gasteiger charge is 2.24. The molecule has 2 N–H and O–H groups in total. The number of aromatic nitrogens is 2. The van der Waals surface area contributed by atoms with Gasteiger partial charge < -0.3 is 5.73 Å². The smallest absolute Gasteiger partial charge is 0.220 e. The van der Waals surface area contributed by atoms with Gasteiger partial charge in [-0.05, 0) is 24.8 Å². The van der Waals surface area contributed by atoms with E-state index in [1.54, 1.807) is 0 Å². The Labute approximate surface area is 76.7 Å². The van der Waals surface area contributed by atoms with Gasteiger partial charge in [-0.25, -0.2) is 0 Å². The lowest BCUT2D eigenvalue weighted by molar-refractivity contribution is -0.122. The molecule has 13 heavy (non-hydrogen) atoms. The van der Waals surface area contributed by atoms with Crippen LogP contribution < -0.4 is 5.73 Å². The number of carbonyl (C=O) groups is 1. The van der Waals surface area contributed by atoms with Crippen LogP contribution in [0.15, 0.2) is 6.20 Å². The first-order valence-electron chi connectivity index (χ1n) is 4.47. The molecular weight excluding hydrogens is 166 g/mol. The molecule has 1 aliphatic carbocycles. The molecule has 70 valence electrons. The van der Waals surface area contributed by atoms with Gasteiger partial charge in [0.1, 0.15) is 0 Å². The van der Waals surface area contributed by atoms with Crippen LogP contribution in [0.25, 0.3) is 0 Å². The van der Waals surface area contributed by atoms with Gasteiger partial charge in [-0.2, -0.15) is 5.10 Å². The van der Waals surface area contributed by atoms with Gasteiger partial charge in [0.25, 0.3) is 0 Å². The second kappa shape index (κ2) is 2.87. The Kier molecular flexibility index (Phi) is 1.83. The van der Waals surface area contributed by atoms with Crippen molar-refractivity contribution >= 4 is 5.91 Å². The summed E-state index contributed by atoms with van der Waals surface area (Å²) in [6, 6.07) is 0. The van der Waals surface area contributed by atoms with Crippen molar-refractivity contribution in [2.75, 3.05) is 0 Å². The minimum atomic E-state index is -0.186. The van der Waals surface area contributed by atoms with E-state index >= 15 is 0 Å². The highest BCUT2D eigenvalue weighted by molar-refractivity contribution is 5.77. The molecule has 0 spiro atoms. The molecule has 0 bridgehead atoms. The third-order valence-corrected chi connectivity index (χ3v) is 2.75. The summed E-state index contributed by atoms with van der Waals surface area (Å²) in [7, 11) is 1.93. The van der Waals surface area contributed by atoms with Crippen molar-refractivity contribution in [2.45, 2.75) is 19.3 Å². The SMILES string of the molecule is Cn1ncc2c1CC[C@@H](C(N)=O)C2. The third kappa shape index (κ3) is 1.32. The van der Waals surface area contributed by atoms with Crippen LogP contribution in [0, 0.1) is 5.92 Å². The third-order valence-electron chi connectivity index (χ3n) is 2.75. The topological polar surface area (TPSA) is 60.9 Å². The van der Waals surface area contributed by atoms with Gasteiger partial charge in [0, 0.05) is 18.7 Å². The van der Waals surface area contributed by atoms with Crippen LogP contribution >= 0.6 is 0 Å². The van der Waals surface area contributed by atoms with E-state index in [9.17, 15) is 4.79 Å². The van der Waals surface area contributed by atoms with Crippen molar-refractivity contribution in [3.05, 3.63) is 17.5 Å². The van der Waals surface area contributed by atoms with Gasteiger partial charge in [-0.1, -0.05) is 0 Å². The van der Waals surface area contributed by atoms with Crippen molar-refractivity contribution in [1.29, 1.82) is 0 Å². The first-order valence-corrected chi connectivity index (χ1v) is 4.47. The second-order valence-corrected chi connectivity index (χ2v) is 3.58. The minimum absolute atomic E-state index is 0.0108. The number of hydrogen-bond acceptors (Lipinski definition) is 2. The van der Waals surface area contributed by atoms with E-state index in [1.807, 2.05) is 17.9 Å².